The average molecular weight is 510 g/mol. The third-order valence-electron chi connectivity index (χ3n) is 5.39. The number of benzene rings is 2. The van der Waals surface area contributed by atoms with Crippen molar-refractivity contribution in [2.45, 2.75) is 26.6 Å². The summed E-state index contributed by atoms with van der Waals surface area (Å²) in [4.78, 5) is 17.8. The van der Waals surface area contributed by atoms with E-state index in [1.165, 1.54) is 22.6 Å². The molecule has 0 atom stereocenters. The van der Waals surface area contributed by atoms with Crippen molar-refractivity contribution in [3.05, 3.63) is 81.2 Å². The zero-order valence-electron chi connectivity index (χ0n) is 19.0. The zero-order chi connectivity index (χ0) is 24.9. The maximum absolute atomic E-state index is 13.0. The lowest BCUT2D eigenvalue weighted by molar-refractivity contribution is -0.110. The van der Waals surface area contributed by atoms with Crippen molar-refractivity contribution >= 4 is 39.4 Å². The van der Waals surface area contributed by atoms with E-state index >= 15 is 0 Å². The zero-order valence-corrected chi connectivity index (χ0v) is 20.6. The van der Waals surface area contributed by atoms with Crippen molar-refractivity contribution in [1.82, 2.24) is 4.90 Å². The number of piperazine rings is 1. The Kier molecular flexibility index (Phi) is 8.62. The SMILES string of the molecule is CC(F)(F)F.Cc1ccc(N2CCN(Cc3csc(N)c3C(=O)c3ccc(Cl)cc3)CC2)cc1. The van der Waals surface area contributed by atoms with E-state index in [2.05, 4.69) is 41.0 Å². The lowest BCUT2D eigenvalue weighted by Gasteiger charge is -2.36. The van der Waals surface area contributed by atoms with Crippen molar-refractivity contribution in [2.24, 2.45) is 0 Å². The van der Waals surface area contributed by atoms with Crippen LogP contribution in [0.15, 0.2) is 53.9 Å². The summed E-state index contributed by atoms with van der Waals surface area (Å²) in [5.41, 5.74) is 11.0. The molecule has 9 heteroatoms. The molecule has 0 unspecified atom stereocenters. The second-order valence-electron chi connectivity index (χ2n) is 8.22. The Morgan fingerprint density at radius 1 is 1.03 bits per heavy atom. The minimum absolute atomic E-state index is 0.0336. The number of hydrogen-bond acceptors (Lipinski definition) is 5. The van der Waals surface area contributed by atoms with Crippen LogP contribution in [0.2, 0.25) is 5.02 Å². The number of aryl methyl sites for hydroxylation is 1. The van der Waals surface area contributed by atoms with Crippen molar-refractivity contribution in [1.29, 1.82) is 0 Å². The Balaban J connectivity index is 0.000000588. The molecule has 1 aromatic heterocycles. The summed E-state index contributed by atoms with van der Waals surface area (Å²) in [7, 11) is 0. The first-order valence-electron chi connectivity index (χ1n) is 10.8. The number of thiophene rings is 1. The van der Waals surface area contributed by atoms with E-state index < -0.39 is 6.18 Å². The van der Waals surface area contributed by atoms with Crippen molar-refractivity contribution in [3.63, 3.8) is 0 Å². The van der Waals surface area contributed by atoms with E-state index in [1.807, 2.05) is 5.38 Å². The molecular weight excluding hydrogens is 483 g/mol. The second-order valence-corrected chi connectivity index (χ2v) is 9.56. The maximum Gasteiger partial charge on any atom is 0.386 e. The molecule has 3 aromatic rings. The molecule has 1 aliphatic heterocycles. The Hall–Kier alpha value is -2.55. The summed E-state index contributed by atoms with van der Waals surface area (Å²) >= 11 is 7.39. The van der Waals surface area contributed by atoms with E-state index in [0.29, 0.717) is 21.2 Å². The van der Waals surface area contributed by atoms with Crippen molar-refractivity contribution in [3.8, 4) is 0 Å². The molecule has 0 aliphatic carbocycles. The number of anilines is 2. The fraction of sp³-hybridized carbons (Fsp3) is 0.320. The molecule has 1 fully saturated rings. The lowest BCUT2D eigenvalue weighted by atomic mass is 10.0. The Morgan fingerprint density at radius 2 is 1.59 bits per heavy atom. The van der Waals surface area contributed by atoms with Gasteiger partial charge in [0.15, 0.2) is 5.78 Å². The smallest absolute Gasteiger partial charge is 0.386 e. The van der Waals surface area contributed by atoms with Gasteiger partial charge in [0.05, 0.1) is 10.6 Å². The molecule has 182 valence electrons. The van der Waals surface area contributed by atoms with Gasteiger partial charge in [0.2, 0.25) is 0 Å². The summed E-state index contributed by atoms with van der Waals surface area (Å²) in [6.45, 7) is 6.90. The van der Waals surface area contributed by atoms with Crippen LogP contribution >= 0.6 is 22.9 Å². The number of carbonyl (C=O) groups excluding carboxylic acids is 1. The van der Waals surface area contributed by atoms with Crippen molar-refractivity contribution in [2.75, 3.05) is 36.8 Å². The highest BCUT2D eigenvalue weighted by atomic mass is 35.5. The lowest BCUT2D eigenvalue weighted by Crippen LogP contribution is -2.46. The third kappa shape index (κ3) is 7.48. The van der Waals surface area contributed by atoms with Crippen LogP contribution in [0.25, 0.3) is 0 Å². The monoisotopic (exact) mass is 509 g/mol. The first-order valence-corrected chi connectivity index (χ1v) is 12.0. The molecule has 1 saturated heterocycles. The number of alkyl halides is 3. The van der Waals surface area contributed by atoms with Gasteiger partial charge in [-0.3, -0.25) is 9.69 Å². The first kappa shape index (κ1) is 26.1. The predicted molar refractivity (Wildman–Crippen MR) is 134 cm³/mol. The summed E-state index contributed by atoms with van der Waals surface area (Å²) < 4.78 is 31.1. The van der Waals surface area contributed by atoms with Crippen LogP contribution in [-0.2, 0) is 6.54 Å². The van der Waals surface area contributed by atoms with Gasteiger partial charge in [-0.1, -0.05) is 29.3 Å². The van der Waals surface area contributed by atoms with Gasteiger partial charge >= 0.3 is 6.18 Å². The Labute approximate surface area is 206 Å². The van der Waals surface area contributed by atoms with E-state index in [4.69, 9.17) is 17.3 Å². The highest BCUT2D eigenvalue weighted by Gasteiger charge is 2.23. The number of nitrogens with zero attached hydrogens (tertiary/aromatic N) is 2. The van der Waals surface area contributed by atoms with E-state index in [1.54, 1.807) is 24.3 Å². The number of carbonyl (C=O) groups is 1. The molecule has 4 nitrogen and oxygen atoms in total. The van der Waals surface area contributed by atoms with Crippen LogP contribution in [0.4, 0.5) is 23.9 Å². The molecule has 2 N–H and O–H groups in total. The molecular formula is C25H27ClF3N3OS. The number of halogens is 4. The molecule has 1 aliphatic rings. The first-order chi connectivity index (χ1) is 16.0. The average Bonchev–Trinajstić information content (AvgIpc) is 3.13. The molecule has 4 rings (SSSR count). The van der Waals surface area contributed by atoms with E-state index in [0.717, 1.165) is 38.3 Å². The minimum atomic E-state index is -4.00. The van der Waals surface area contributed by atoms with Crippen LogP contribution in [-0.4, -0.2) is 43.0 Å². The van der Waals surface area contributed by atoms with Gasteiger partial charge in [-0.25, -0.2) is 0 Å². The molecule has 0 amide bonds. The third-order valence-corrected chi connectivity index (χ3v) is 6.51. The summed E-state index contributed by atoms with van der Waals surface area (Å²) in [5.74, 6) is -0.0336. The van der Waals surface area contributed by atoms with Crippen LogP contribution in [0.3, 0.4) is 0 Å². The second kappa shape index (κ2) is 11.3. The highest BCUT2D eigenvalue weighted by molar-refractivity contribution is 7.14. The largest absolute Gasteiger partial charge is 0.390 e. The van der Waals surface area contributed by atoms with E-state index in [-0.39, 0.29) is 12.7 Å². The normalized spacial score (nSPS) is 14.5. The van der Waals surface area contributed by atoms with Crippen LogP contribution in [0, 0.1) is 6.92 Å². The van der Waals surface area contributed by atoms with Gasteiger partial charge in [0.1, 0.15) is 0 Å². The minimum Gasteiger partial charge on any atom is -0.390 e. The Bertz CT molecular complexity index is 1080. The van der Waals surface area contributed by atoms with Gasteiger partial charge < -0.3 is 10.6 Å². The molecule has 2 heterocycles. The summed E-state index contributed by atoms with van der Waals surface area (Å²) in [5, 5.41) is 3.22. The molecule has 2 aromatic carbocycles. The number of nitrogen functional groups attached to an aromatic ring is 1. The van der Waals surface area contributed by atoms with Gasteiger partial charge in [-0.15, -0.1) is 11.3 Å². The maximum atomic E-state index is 13.0. The standard InChI is InChI=1S/C23H24ClN3OS.C2H3F3/c1-16-2-8-20(9-3-16)27-12-10-26(11-13-27)14-18-15-29-23(25)21(18)22(28)17-4-6-19(24)7-5-17;1-2(3,4)5/h2-9,15H,10-14,25H2,1H3;1H3. The molecule has 0 saturated carbocycles. The number of hydrogen-bond donors (Lipinski definition) is 1. The van der Waals surface area contributed by atoms with Crippen LogP contribution in [0.5, 0.6) is 0 Å². The molecule has 0 bridgehead atoms. The summed E-state index contributed by atoms with van der Waals surface area (Å²) in [6.07, 6.45) is -4.00. The number of ketones is 1. The Morgan fingerprint density at radius 3 is 2.15 bits per heavy atom. The quantitative estimate of drug-likeness (QED) is 0.403. The van der Waals surface area contributed by atoms with Crippen LogP contribution < -0.4 is 10.6 Å². The van der Waals surface area contributed by atoms with Gasteiger partial charge in [0, 0.05) is 55.9 Å². The fourth-order valence-electron chi connectivity index (χ4n) is 3.69. The van der Waals surface area contributed by atoms with Gasteiger partial charge in [-0.05, 0) is 54.3 Å². The summed E-state index contributed by atoms with van der Waals surface area (Å²) in [6, 6.07) is 15.7. The topological polar surface area (TPSA) is 49.6 Å². The van der Waals surface area contributed by atoms with Gasteiger partial charge in [-0.2, -0.15) is 13.2 Å². The fourth-order valence-corrected chi connectivity index (χ4v) is 4.62. The van der Waals surface area contributed by atoms with E-state index in [9.17, 15) is 18.0 Å². The van der Waals surface area contributed by atoms with Crippen molar-refractivity contribution < 1.29 is 18.0 Å². The van der Waals surface area contributed by atoms with Crippen LogP contribution in [0.1, 0.15) is 34.0 Å². The number of rotatable bonds is 5. The molecule has 0 radical (unpaired) electrons. The predicted octanol–water partition coefficient (Wildman–Crippen LogP) is 6.41. The van der Waals surface area contributed by atoms with Gasteiger partial charge in [0.25, 0.3) is 0 Å². The molecule has 34 heavy (non-hydrogen) atoms. The molecule has 0 spiro atoms. The highest BCUT2D eigenvalue weighted by Crippen LogP contribution is 2.30. The number of nitrogens with two attached hydrogens (primary N) is 1.